The quantitative estimate of drug-likeness (QED) is 0.611. The van der Waals surface area contributed by atoms with Crippen molar-refractivity contribution in [1.82, 2.24) is 9.97 Å². The van der Waals surface area contributed by atoms with Crippen LogP contribution in [-0.2, 0) is 9.47 Å². The van der Waals surface area contributed by atoms with Crippen molar-refractivity contribution in [3.63, 3.8) is 0 Å². The maximum Gasteiger partial charge on any atom is 0.359 e. The van der Waals surface area contributed by atoms with E-state index in [9.17, 15) is 4.79 Å². The summed E-state index contributed by atoms with van der Waals surface area (Å²) in [6, 6.07) is 6.32. The predicted octanol–water partition coefficient (Wildman–Crippen LogP) is 3.28. The summed E-state index contributed by atoms with van der Waals surface area (Å²) in [6.07, 6.45) is 7.85. The van der Waals surface area contributed by atoms with E-state index in [1.165, 1.54) is 0 Å². The van der Waals surface area contributed by atoms with Crippen LogP contribution in [0.25, 0.3) is 22.0 Å². The fraction of sp³-hybridized carbons (Fsp3) is 0.318. The second-order valence-corrected chi connectivity index (χ2v) is 7.11. The summed E-state index contributed by atoms with van der Waals surface area (Å²) in [5, 5.41) is 0.873. The van der Waals surface area contributed by atoms with E-state index in [1.54, 1.807) is 6.92 Å². The van der Waals surface area contributed by atoms with Crippen LogP contribution in [0.1, 0.15) is 17.4 Å². The molecule has 2 aliphatic heterocycles. The molecule has 1 fully saturated rings. The lowest BCUT2D eigenvalue weighted by Crippen LogP contribution is -2.36. The molecule has 0 radical (unpaired) electrons. The number of rotatable bonds is 4. The Morgan fingerprint density at radius 3 is 2.77 bits per heavy atom. The van der Waals surface area contributed by atoms with Crippen molar-refractivity contribution in [3.05, 3.63) is 48.3 Å². The van der Waals surface area contributed by atoms with E-state index in [2.05, 4.69) is 14.9 Å². The van der Waals surface area contributed by atoms with E-state index in [0.717, 1.165) is 18.5 Å². The van der Waals surface area contributed by atoms with Crippen molar-refractivity contribution in [2.45, 2.75) is 6.92 Å². The Labute approximate surface area is 173 Å². The molecule has 0 spiro atoms. The van der Waals surface area contributed by atoms with Crippen molar-refractivity contribution < 1.29 is 18.7 Å². The van der Waals surface area contributed by atoms with E-state index in [4.69, 9.17) is 13.9 Å². The third-order valence-corrected chi connectivity index (χ3v) is 5.17. The van der Waals surface area contributed by atoms with E-state index in [0.29, 0.717) is 60.4 Å². The van der Waals surface area contributed by atoms with Gasteiger partial charge in [-0.15, -0.1) is 0 Å². The van der Waals surface area contributed by atoms with Gasteiger partial charge in [-0.1, -0.05) is 12.2 Å². The average molecular weight is 406 g/mol. The molecule has 0 unspecified atom stereocenters. The maximum atomic E-state index is 12.6. The van der Waals surface area contributed by atoms with Gasteiger partial charge in [-0.3, -0.25) is 0 Å². The highest BCUT2D eigenvalue weighted by atomic mass is 16.5. The lowest BCUT2D eigenvalue weighted by atomic mass is 10.1. The summed E-state index contributed by atoms with van der Waals surface area (Å²) < 4.78 is 16.7. The average Bonchev–Trinajstić information content (AvgIpc) is 3.21. The van der Waals surface area contributed by atoms with Gasteiger partial charge in [0.15, 0.2) is 11.3 Å². The van der Waals surface area contributed by atoms with Gasteiger partial charge in [-0.25, -0.2) is 9.78 Å². The Kier molecular flexibility index (Phi) is 4.84. The first-order chi connectivity index (χ1) is 14.7. The Balaban J connectivity index is 1.61. The number of carbonyl (C=O) groups is 1. The summed E-state index contributed by atoms with van der Waals surface area (Å²) >= 11 is 0. The zero-order chi connectivity index (χ0) is 20.5. The molecular weight excluding hydrogens is 384 g/mol. The predicted molar refractivity (Wildman–Crippen MR) is 114 cm³/mol. The molecule has 8 heteroatoms. The molecule has 0 aliphatic carbocycles. The van der Waals surface area contributed by atoms with Crippen molar-refractivity contribution in [2.24, 2.45) is 0 Å². The Hall–Kier alpha value is -3.39. The third kappa shape index (κ3) is 3.39. The lowest BCUT2D eigenvalue weighted by molar-refractivity contribution is 0.0521. The van der Waals surface area contributed by atoms with Gasteiger partial charge >= 0.3 is 5.97 Å². The summed E-state index contributed by atoms with van der Waals surface area (Å²) in [5.41, 5.74) is 3.07. The number of aromatic nitrogens is 2. The number of hydrogen-bond acceptors (Lipinski definition) is 8. The highest BCUT2D eigenvalue weighted by molar-refractivity contribution is 6.01. The van der Waals surface area contributed by atoms with Crippen LogP contribution in [0.2, 0.25) is 0 Å². The molecule has 2 aliphatic rings. The van der Waals surface area contributed by atoms with Crippen molar-refractivity contribution in [1.29, 1.82) is 0 Å². The minimum atomic E-state index is -0.438. The molecule has 0 saturated carbocycles. The maximum absolute atomic E-state index is 12.6. The molecule has 0 amide bonds. The van der Waals surface area contributed by atoms with Crippen LogP contribution in [0.4, 0.5) is 11.7 Å². The van der Waals surface area contributed by atoms with Crippen LogP contribution >= 0.6 is 0 Å². The Morgan fingerprint density at radius 1 is 1.13 bits per heavy atom. The summed E-state index contributed by atoms with van der Waals surface area (Å²) in [5.74, 6) is -0.438. The van der Waals surface area contributed by atoms with Crippen LogP contribution in [0, 0.1) is 0 Å². The molecule has 0 N–H and O–H groups in total. The van der Waals surface area contributed by atoms with E-state index in [-0.39, 0.29) is 0 Å². The molecule has 8 nitrogen and oxygen atoms in total. The molecule has 0 bridgehead atoms. The van der Waals surface area contributed by atoms with Crippen molar-refractivity contribution in [3.8, 4) is 0 Å². The number of oxazole rings is 1. The fourth-order valence-corrected chi connectivity index (χ4v) is 3.68. The molecule has 0 atom stereocenters. The lowest BCUT2D eigenvalue weighted by Gasteiger charge is -2.24. The van der Waals surface area contributed by atoms with Crippen LogP contribution in [0.3, 0.4) is 0 Å². The molecule has 3 aromatic rings. The number of ether oxygens (including phenoxy) is 2. The monoisotopic (exact) mass is 406 g/mol. The Bertz CT molecular complexity index is 1160. The third-order valence-electron chi connectivity index (χ3n) is 5.17. The minimum Gasteiger partial charge on any atom is -0.461 e. The van der Waals surface area contributed by atoms with Gasteiger partial charge < -0.3 is 23.7 Å². The first kappa shape index (κ1) is 18.6. The number of hydrogen-bond donors (Lipinski definition) is 0. The molecular formula is C22H22N4O4. The van der Waals surface area contributed by atoms with E-state index >= 15 is 0 Å². The number of benzene rings is 1. The molecule has 154 valence electrons. The van der Waals surface area contributed by atoms with E-state index < -0.39 is 5.97 Å². The number of nitrogens with zero attached hydrogens (tertiary/aromatic N) is 4. The molecule has 4 heterocycles. The highest BCUT2D eigenvalue weighted by Crippen LogP contribution is 2.31. The minimum absolute atomic E-state index is 0.291. The van der Waals surface area contributed by atoms with Gasteiger partial charge in [-0.2, -0.15) is 4.98 Å². The number of fused-ring (bicyclic) bond motifs is 2. The van der Waals surface area contributed by atoms with Gasteiger partial charge in [0.1, 0.15) is 5.52 Å². The first-order valence-corrected chi connectivity index (χ1v) is 10.1. The van der Waals surface area contributed by atoms with Crippen LogP contribution in [0.5, 0.6) is 0 Å². The second-order valence-electron chi connectivity index (χ2n) is 7.11. The molecule has 1 aromatic carbocycles. The van der Waals surface area contributed by atoms with Gasteiger partial charge in [0.25, 0.3) is 6.01 Å². The van der Waals surface area contributed by atoms with Gasteiger partial charge in [0.2, 0.25) is 0 Å². The van der Waals surface area contributed by atoms with Crippen molar-refractivity contribution >= 4 is 39.7 Å². The summed E-state index contributed by atoms with van der Waals surface area (Å²) in [6.45, 7) is 5.54. The first-order valence-electron chi connectivity index (χ1n) is 10.1. The summed E-state index contributed by atoms with van der Waals surface area (Å²) in [4.78, 5) is 25.9. The number of allylic oxidation sites excluding steroid dienone is 2. The Morgan fingerprint density at radius 2 is 2.00 bits per heavy atom. The normalized spacial score (nSPS) is 16.6. The molecule has 5 rings (SSSR count). The van der Waals surface area contributed by atoms with Gasteiger partial charge in [-0.05, 0) is 31.2 Å². The second kappa shape index (κ2) is 7.79. The van der Waals surface area contributed by atoms with Gasteiger partial charge in [0, 0.05) is 31.2 Å². The molecule has 2 aromatic heterocycles. The molecule has 1 saturated heterocycles. The van der Waals surface area contributed by atoms with Crippen LogP contribution in [0.15, 0.2) is 47.0 Å². The zero-order valence-corrected chi connectivity index (χ0v) is 16.7. The fourth-order valence-electron chi connectivity index (χ4n) is 3.68. The highest BCUT2D eigenvalue weighted by Gasteiger charge is 2.22. The number of morpholine rings is 1. The number of carbonyl (C=O) groups excluding carboxylic acids is 1. The van der Waals surface area contributed by atoms with Gasteiger partial charge in [0.05, 0.1) is 31.0 Å². The number of pyridine rings is 1. The largest absolute Gasteiger partial charge is 0.461 e. The smallest absolute Gasteiger partial charge is 0.359 e. The van der Waals surface area contributed by atoms with Crippen LogP contribution in [-0.4, -0.2) is 55.4 Å². The number of anilines is 2. The zero-order valence-electron chi connectivity index (χ0n) is 16.7. The topological polar surface area (TPSA) is 80.9 Å². The van der Waals surface area contributed by atoms with Crippen LogP contribution < -0.4 is 9.80 Å². The standard InChI is InChI=1S/C22H22N4O4/c1-2-29-21(27)20-18(25-6-4-3-5-7-25)12-15-13-19-17(14-16(15)23-20)24-22(30-19)26-8-10-28-11-9-26/h3-6,12-14H,2,7-11H2,1H3. The van der Waals surface area contributed by atoms with Crippen molar-refractivity contribution in [2.75, 3.05) is 49.3 Å². The molecule has 30 heavy (non-hydrogen) atoms. The number of esters is 1. The van der Waals surface area contributed by atoms with E-state index in [1.807, 2.05) is 47.5 Å². The SMILES string of the molecule is CCOC(=O)c1nc2cc3nc(N4CCOCC4)oc3cc2cc1N1C=CC=CC1. The summed E-state index contributed by atoms with van der Waals surface area (Å²) in [7, 11) is 0.